The Morgan fingerprint density at radius 3 is 2.15 bits per heavy atom. The molecule has 3 aromatic rings. The van der Waals surface area contributed by atoms with Crippen molar-refractivity contribution in [3.8, 4) is 11.3 Å². The fraction of sp³-hybridized carbons (Fsp3) is 0.531. The molecule has 1 nitrogen and oxygen atoms in total. The zero-order valence-electron chi connectivity index (χ0n) is 21.7. The fourth-order valence-electron chi connectivity index (χ4n) is 6.54. The van der Waals surface area contributed by atoms with Crippen LogP contribution in [0.1, 0.15) is 105 Å². The van der Waals surface area contributed by atoms with Crippen molar-refractivity contribution >= 4 is 10.8 Å². The van der Waals surface area contributed by atoms with Crippen LogP contribution < -0.4 is 4.57 Å². The van der Waals surface area contributed by atoms with Crippen LogP contribution in [0, 0.1) is 26.2 Å². The van der Waals surface area contributed by atoms with Gasteiger partial charge in [-0.1, -0.05) is 44.9 Å². The highest BCUT2D eigenvalue weighted by molar-refractivity contribution is 5.94. The molecule has 0 aliphatic heterocycles. The summed E-state index contributed by atoms with van der Waals surface area (Å²) >= 11 is 0. The first-order chi connectivity index (χ1) is 15.7. The summed E-state index contributed by atoms with van der Waals surface area (Å²) in [4.78, 5) is 0. The third-order valence-electron chi connectivity index (χ3n) is 9.14. The van der Waals surface area contributed by atoms with Crippen LogP contribution in [0.4, 0.5) is 0 Å². The normalized spacial score (nSPS) is 19.5. The van der Waals surface area contributed by atoms with Gasteiger partial charge in [0.2, 0.25) is 5.69 Å². The Bertz CT molecular complexity index is 1180. The van der Waals surface area contributed by atoms with Gasteiger partial charge < -0.3 is 0 Å². The molecule has 1 heterocycles. The van der Waals surface area contributed by atoms with Crippen molar-refractivity contribution in [2.24, 2.45) is 12.5 Å². The number of benzene rings is 2. The molecule has 2 aromatic carbocycles. The number of aromatic nitrogens is 1. The Balaban J connectivity index is 1.62. The molecule has 2 saturated carbocycles. The minimum absolute atomic E-state index is 0.518. The van der Waals surface area contributed by atoms with Gasteiger partial charge in [-0.25, -0.2) is 0 Å². The second-order valence-corrected chi connectivity index (χ2v) is 12.0. The molecule has 2 fully saturated rings. The number of aryl methyl sites for hydroxylation is 2. The van der Waals surface area contributed by atoms with Crippen LogP contribution in [0.15, 0.2) is 36.4 Å². The van der Waals surface area contributed by atoms with Crippen LogP contribution in [0.5, 0.6) is 0 Å². The topological polar surface area (TPSA) is 3.88 Å². The second kappa shape index (κ2) is 8.57. The van der Waals surface area contributed by atoms with Crippen molar-refractivity contribution in [2.45, 2.75) is 97.8 Å². The van der Waals surface area contributed by atoms with Crippen molar-refractivity contribution in [3.63, 3.8) is 0 Å². The Kier molecular flexibility index (Phi) is 5.88. The first-order valence-electron chi connectivity index (χ1n) is 13.3. The summed E-state index contributed by atoms with van der Waals surface area (Å²) in [5.41, 5.74) is 10.6. The summed E-state index contributed by atoms with van der Waals surface area (Å²) in [6.07, 6.45) is 10.8. The van der Waals surface area contributed by atoms with Gasteiger partial charge in [0.05, 0.1) is 10.9 Å². The van der Waals surface area contributed by atoms with Crippen molar-refractivity contribution in [1.82, 2.24) is 0 Å². The Labute approximate surface area is 201 Å². The zero-order chi connectivity index (χ0) is 23.3. The maximum Gasteiger partial charge on any atom is 0.220 e. The van der Waals surface area contributed by atoms with Crippen LogP contribution in [-0.2, 0) is 7.05 Å². The Hall–Kier alpha value is -2.15. The van der Waals surface area contributed by atoms with Gasteiger partial charge in [-0.2, -0.15) is 4.57 Å². The molecule has 0 saturated heterocycles. The van der Waals surface area contributed by atoms with Crippen LogP contribution in [-0.4, -0.2) is 0 Å². The number of rotatable bonds is 3. The summed E-state index contributed by atoms with van der Waals surface area (Å²) in [5, 5.41) is 2.81. The Morgan fingerprint density at radius 1 is 0.788 bits per heavy atom. The van der Waals surface area contributed by atoms with Crippen LogP contribution in [0.2, 0.25) is 0 Å². The molecule has 0 N–H and O–H groups in total. The number of hydrogen-bond acceptors (Lipinski definition) is 0. The molecular formula is C32H42N+. The lowest BCUT2D eigenvalue weighted by Crippen LogP contribution is -2.35. The van der Waals surface area contributed by atoms with Crippen molar-refractivity contribution in [2.75, 3.05) is 0 Å². The van der Waals surface area contributed by atoms with Gasteiger partial charge in [0.1, 0.15) is 7.05 Å². The van der Waals surface area contributed by atoms with E-state index in [4.69, 9.17) is 0 Å². The maximum atomic E-state index is 2.53. The van der Waals surface area contributed by atoms with E-state index in [0.29, 0.717) is 5.41 Å². The van der Waals surface area contributed by atoms with Crippen LogP contribution in [0.25, 0.3) is 22.0 Å². The summed E-state index contributed by atoms with van der Waals surface area (Å²) in [6.45, 7) is 11.8. The van der Waals surface area contributed by atoms with Crippen molar-refractivity contribution < 1.29 is 4.57 Å². The standard InChI is InChI=1S/C32H42N/c1-21-17-27(24-9-7-8-10-24)20-30(23(21)3)31-29-12-11-26(19-28(29)18-22(2)33(31)6)25-13-15-32(4,5)16-14-25/h11-12,17-20,24-25H,7-10,13-16H2,1-6H3/q+1. The molecular weight excluding hydrogens is 398 g/mol. The lowest BCUT2D eigenvalue weighted by Gasteiger charge is -2.34. The zero-order valence-corrected chi connectivity index (χ0v) is 21.7. The molecule has 1 heteroatoms. The lowest BCUT2D eigenvalue weighted by atomic mass is 9.71. The van der Waals surface area contributed by atoms with Crippen LogP contribution >= 0.6 is 0 Å². The largest absolute Gasteiger partial charge is 0.220 e. The van der Waals surface area contributed by atoms with Crippen molar-refractivity contribution in [3.05, 3.63) is 64.3 Å². The fourth-order valence-corrected chi connectivity index (χ4v) is 6.54. The minimum Gasteiger partial charge on any atom is -0.198 e. The van der Waals surface area contributed by atoms with Crippen LogP contribution in [0.3, 0.4) is 0 Å². The molecule has 2 aliphatic carbocycles. The highest BCUT2D eigenvalue weighted by Crippen LogP contribution is 2.43. The average molecular weight is 441 g/mol. The molecule has 0 spiro atoms. The van der Waals surface area contributed by atoms with E-state index in [0.717, 1.165) is 11.8 Å². The van der Waals surface area contributed by atoms with E-state index >= 15 is 0 Å². The SMILES string of the molecule is Cc1cc(C2CCCC2)cc(-c2c3ccc(C4CCC(C)(C)CC4)cc3cc(C)[n+]2C)c1C. The summed E-state index contributed by atoms with van der Waals surface area (Å²) in [7, 11) is 2.25. The maximum absolute atomic E-state index is 2.53. The summed E-state index contributed by atoms with van der Waals surface area (Å²) in [5.74, 6) is 1.46. The smallest absolute Gasteiger partial charge is 0.198 e. The number of hydrogen-bond donors (Lipinski definition) is 0. The van der Waals surface area contributed by atoms with E-state index in [1.165, 1.54) is 90.2 Å². The van der Waals surface area contributed by atoms with Gasteiger partial charge in [0, 0.05) is 13.0 Å². The van der Waals surface area contributed by atoms with E-state index in [2.05, 4.69) is 82.6 Å². The molecule has 5 rings (SSSR count). The number of pyridine rings is 1. The van der Waals surface area contributed by atoms with E-state index in [1.807, 2.05) is 0 Å². The number of fused-ring (bicyclic) bond motifs is 1. The van der Waals surface area contributed by atoms with Crippen molar-refractivity contribution in [1.29, 1.82) is 0 Å². The molecule has 1 aromatic heterocycles. The average Bonchev–Trinajstić information content (AvgIpc) is 3.32. The van der Waals surface area contributed by atoms with E-state index in [9.17, 15) is 0 Å². The first kappa shape index (κ1) is 22.6. The highest BCUT2D eigenvalue weighted by Gasteiger charge is 2.29. The van der Waals surface area contributed by atoms with Gasteiger partial charge in [-0.15, -0.1) is 0 Å². The summed E-state index contributed by atoms with van der Waals surface area (Å²) in [6, 6.07) is 14.8. The summed E-state index contributed by atoms with van der Waals surface area (Å²) < 4.78 is 2.42. The van der Waals surface area contributed by atoms with Gasteiger partial charge in [-0.05, 0) is 109 Å². The molecule has 0 amide bonds. The van der Waals surface area contributed by atoms with Gasteiger partial charge in [-0.3, -0.25) is 0 Å². The third-order valence-corrected chi connectivity index (χ3v) is 9.14. The predicted octanol–water partition coefficient (Wildman–Crippen LogP) is 8.60. The molecule has 0 bridgehead atoms. The molecule has 2 aliphatic rings. The molecule has 0 atom stereocenters. The molecule has 33 heavy (non-hydrogen) atoms. The van der Waals surface area contributed by atoms with Gasteiger partial charge >= 0.3 is 0 Å². The monoisotopic (exact) mass is 440 g/mol. The molecule has 174 valence electrons. The molecule has 0 radical (unpaired) electrons. The quantitative estimate of drug-likeness (QED) is 0.359. The third kappa shape index (κ3) is 4.25. The number of nitrogens with zero attached hydrogens (tertiary/aromatic N) is 1. The van der Waals surface area contributed by atoms with Gasteiger partial charge in [0.15, 0.2) is 5.69 Å². The predicted molar refractivity (Wildman–Crippen MR) is 141 cm³/mol. The van der Waals surface area contributed by atoms with E-state index in [1.54, 1.807) is 11.1 Å². The lowest BCUT2D eigenvalue weighted by molar-refractivity contribution is -0.665. The molecule has 0 unspecified atom stereocenters. The highest BCUT2D eigenvalue weighted by atomic mass is 14.9. The Morgan fingerprint density at radius 2 is 1.45 bits per heavy atom. The first-order valence-corrected chi connectivity index (χ1v) is 13.3. The van der Waals surface area contributed by atoms with Gasteiger partial charge in [0.25, 0.3) is 0 Å². The van der Waals surface area contributed by atoms with E-state index < -0.39 is 0 Å². The second-order valence-electron chi connectivity index (χ2n) is 12.0. The minimum atomic E-state index is 0.518. The van der Waals surface area contributed by atoms with E-state index in [-0.39, 0.29) is 0 Å².